The van der Waals surface area contributed by atoms with Crippen molar-refractivity contribution >= 4 is 34.8 Å². The molecule has 1 aliphatic rings. The number of nitrogens with zero attached hydrogens (tertiary/aromatic N) is 1. The lowest BCUT2D eigenvalue weighted by Gasteiger charge is -2.21. The molecule has 0 saturated heterocycles. The number of carbonyl (C=O) groups is 2. The third kappa shape index (κ3) is 5.30. The standard InChI is InChI=1S/C18H25N3O2S/c1-3-11-21(12-4-2)17(23)14-7-9-15(10-8-14)19-18(24)20-16(22)13-5-6-13/h7-10,13H,3-6,11-12H2,1-2H3,(H2,19,20,22,24). The molecule has 1 aromatic carbocycles. The molecule has 1 aliphatic carbocycles. The van der Waals surface area contributed by atoms with E-state index in [0.717, 1.165) is 44.5 Å². The molecular weight excluding hydrogens is 322 g/mol. The van der Waals surface area contributed by atoms with Gasteiger partial charge in [0.1, 0.15) is 0 Å². The molecule has 24 heavy (non-hydrogen) atoms. The van der Waals surface area contributed by atoms with Crippen molar-refractivity contribution in [2.45, 2.75) is 39.5 Å². The molecule has 0 radical (unpaired) electrons. The number of hydrogen-bond donors (Lipinski definition) is 2. The van der Waals surface area contributed by atoms with E-state index in [1.807, 2.05) is 4.90 Å². The molecule has 1 aromatic rings. The lowest BCUT2D eigenvalue weighted by atomic mass is 10.1. The van der Waals surface area contributed by atoms with Gasteiger partial charge >= 0.3 is 0 Å². The largest absolute Gasteiger partial charge is 0.339 e. The van der Waals surface area contributed by atoms with Crippen LogP contribution in [0.4, 0.5) is 5.69 Å². The predicted octanol–water partition coefficient (Wildman–Crippen LogP) is 3.17. The van der Waals surface area contributed by atoms with Crippen LogP contribution in [0.25, 0.3) is 0 Å². The summed E-state index contributed by atoms with van der Waals surface area (Å²) in [5.74, 6) is 0.150. The zero-order valence-corrected chi connectivity index (χ0v) is 15.1. The summed E-state index contributed by atoms with van der Waals surface area (Å²) < 4.78 is 0. The molecule has 2 N–H and O–H groups in total. The van der Waals surface area contributed by atoms with Crippen molar-refractivity contribution in [3.05, 3.63) is 29.8 Å². The minimum atomic E-state index is -0.0194. The Balaban J connectivity index is 1.92. The highest BCUT2D eigenvalue weighted by atomic mass is 32.1. The summed E-state index contributed by atoms with van der Waals surface area (Å²) in [6.45, 7) is 5.67. The number of carbonyl (C=O) groups excluding carboxylic acids is 2. The van der Waals surface area contributed by atoms with E-state index in [1.54, 1.807) is 24.3 Å². The van der Waals surface area contributed by atoms with Crippen LogP contribution in [0.5, 0.6) is 0 Å². The molecule has 0 atom stereocenters. The second kappa shape index (κ2) is 8.78. The van der Waals surface area contributed by atoms with Crippen LogP contribution in [0.1, 0.15) is 49.9 Å². The lowest BCUT2D eigenvalue weighted by Crippen LogP contribution is -2.35. The number of nitrogens with one attached hydrogen (secondary N) is 2. The third-order valence-corrected chi connectivity index (χ3v) is 4.05. The first-order chi connectivity index (χ1) is 11.5. The zero-order valence-electron chi connectivity index (χ0n) is 14.3. The molecule has 6 heteroatoms. The molecule has 0 bridgehead atoms. The second-order valence-corrected chi connectivity index (χ2v) is 6.50. The fourth-order valence-corrected chi connectivity index (χ4v) is 2.67. The SMILES string of the molecule is CCCN(CCC)C(=O)c1ccc(NC(=S)NC(=O)C2CC2)cc1. The van der Waals surface area contributed by atoms with E-state index < -0.39 is 0 Å². The summed E-state index contributed by atoms with van der Waals surface area (Å²) in [5.41, 5.74) is 1.42. The normalized spacial score (nSPS) is 13.2. The van der Waals surface area contributed by atoms with E-state index in [-0.39, 0.29) is 17.7 Å². The molecule has 1 fully saturated rings. The van der Waals surface area contributed by atoms with E-state index in [2.05, 4.69) is 24.5 Å². The molecular formula is C18H25N3O2S. The van der Waals surface area contributed by atoms with Gasteiger partial charge in [-0.1, -0.05) is 13.8 Å². The highest BCUT2D eigenvalue weighted by Crippen LogP contribution is 2.28. The van der Waals surface area contributed by atoms with Gasteiger partial charge < -0.3 is 15.5 Å². The maximum Gasteiger partial charge on any atom is 0.253 e. The monoisotopic (exact) mass is 347 g/mol. The summed E-state index contributed by atoms with van der Waals surface area (Å²) >= 11 is 5.14. The Bertz CT molecular complexity index is 591. The predicted molar refractivity (Wildman–Crippen MR) is 100 cm³/mol. The van der Waals surface area contributed by atoms with Crippen LogP contribution in [0.15, 0.2) is 24.3 Å². The fourth-order valence-electron chi connectivity index (χ4n) is 2.46. The van der Waals surface area contributed by atoms with Gasteiger partial charge in [-0.2, -0.15) is 0 Å². The van der Waals surface area contributed by atoms with Gasteiger partial charge in [-0.05, 0) is 62.2 Å². The quantitative estimate of drug-likeness (QED) is 0.744. The van der Waals surface area contributed by atoms with Crippen LogP contribution in [0.3, 0.4) is 0 Å². The van der Waals surface area contributed by atoms with Crippen molar-refractivity contribution in [3.63, 3.8) is 0 Å². The zero-order chi connectivity index (χ0) is 17.5. The topological polar surface area (TPSA) is 61.4 Å². The summed E-state index contributed by atoms with van der Waals surface area (Å²) in [5, 5.41) is 5.96. The Kier molecular flexibility index (Phi) is 6.73. The Morgan fingerprint density at radius 1 is 1.12 bits per heavy atom. The maximum absolute atomic E-state index is 12.5. The Hall–Kier alpha value is -1.95. The van der Waals surface area contributed by atoms with Gasteiger partial charge in [-0.3, -0.25) is 9.59 Å². The first-order valence-corrected chi connectivity index (χ1v) is 8.97. The van der Waals surface area contributed by atoms with Gasteiger partial charge in [0.05, 0.1) is 0 Å². The molecule has 2 amide bonds. The van der Waals surface area contributed by atoms with Crippen molar-refractivity contribution in [2.75, 3.05) is 18.4 Å². The summed E-state index contributed by atoms with van der Waals surface area (Å²) in [6.07, 6.45) is 3.77. The lowest BCUT2D eigenvalue weighted by molar-refractivity contribution is -0.120. The maximum atomic E-state index is 12.5. The van der Waals surface area contributed by atoms with Crippen LogP contribution >= 0.6 is 12.2 Å². The summed E-state index contributed by atoms with van der Waals surface area (Å²) in [7, 11) is 0. The number of benzene rings is 1. The van der Waals surface area contributed by atoms with Crippen molar-refractivity contribution in [1.29, 1.82) is 0 Å². The van der Waals surface area contributed by atoms with Crippen LogP contribution in [0.2, 0.25) is 0 Å². The molecule has 0 aliphatic heterocycles. The van der Waals surface area contributed by atoms with Gasteiger partial charge in [0, 0.05) is 30.3 Å². The van der Waals surface area contributed by atoms with Crippen LogP contribution in [-0.4, -0.2) is 34.9 Å². The van der Waals surface area contributed by atoms with Crippen molar-refractivity contribution < 1.29 is 9.59 Å². The van der Waals surface area contributed by atoms with E-state index in [9.17, 15) is 9.59 Å². The first kappa shape index (κ1) is 18.4. The van der Waals surface area contributed by atoms with Crippen molar-refractivity contribution in [2.24, 2.45) is 5.92 Å². The molecule has 0 spiro atoms. The summed E-state index contributed by atoms with van der Waals surface area (Å²) in [6, 6.07) is 7.18. The summed E-state index contributed by atoms with van der Waals surface area (Å²) in [4.78, 5) is 26.0. The van der Waals surface area contributed by atoms with Crippen LogP contribution in [-0.2, 0) is 4.79 Å². The second-order valence-electron chi connectivity index (χ2n) is 6.09. The van der Waals surface area contributed by atoms with Gasteiger partial charge in [0.25, 0.3) is 5.91 Å². The van der Waals surface area contributed by atoms with E-state index in [0.29, 0.717) is 10.7 Å². The Labute approximate surface area is 148 Å². The van der Waals surface area contributed by atoms with E-state index >= 15 is 0 Å². The first-order valence-electron chi connectivity index (χ1n) is 8.56. The number of hydrogen-bond acceptors (Lipinski definition) is 3. The molecule has 5 nitrogen and oxygen atoms in total. The smallest absolute Gasteiger partial charge is 0.253 e. The average Bonchev–Trinajstić information content (AvgIpc) is 3.39. The Morgan fingerprint density at radius 2 is 1.71 bits per heavy atom. The van der Waals surface area contributed by atoms with E-state index in [1.165, 1.54) is 0 Å². The number of thiocarbonyl (C=S) groups is 1. The molecule has 0 unspecified atom stereocenters. The highest BCUT2D eigenvalue weighted by Gasteiger charge is 2.30. The van der Waals surface area contributed by atoms with Gasteiger partial charge in [-0.25, -0.2) is 0 Å². The molecule has 0 heterocycles. The number of amides is 2. The third-order valence-electron chi connectivity index (χ3n) is 3.85. The number of anilines is 1. The van der Waals surface area contributed by atoms with Crippen LogP contribution in [0, 0.1) is 5.92 Å². The van der Waals surface area contributed by atoms with Gasteiger partial charge in [-0.15, -0.1) is 0 Å². The van der Waals surface area contributed by atoms with E-state index in [4.69, 9.17) is 12.2 Å². The number of rotatable bonds is 7. The molecule has 130 valence electrons. The van der Waals surface area contributed by atoms with Gasteiger partial charge in [0.2, 0.25) is 5.91 Å². The van der Waals surface area contributed by atoms with Crippen LogP contribution < -0.4 is 10.6 Å². The van der Waals surface area contributed by atoms with Crippen molar-refractivity contribution in [3.8, 4) is 0 Å². The highest BCUT2D eigenvalue weighted by molar-refractivity contribution is 7.80. The van der Waals surface area contributed by atoms with Gasteiger partial charge in [0.15, 0.2) is 5.11 Å². The molecule has 0 aromatic heterocycles. The Morgan fingerprint density at radius 3 is 2.21 bits per heavy atom. The average molecular weight is 347 g/mol. The molecule has 1 saturated carbocycles. The minimum Gasteiger partial charge on any atom is -0.339 e. The fraction of sp³-hybridized carbons (Fsp3) is 0.500. The molecule has 2 rings (SSSR count). The minimum absolute atomic E-state index is 0.0194. The van der Waals surface area contributed by atoms with Crippen molar-refractivity contribution in [1.82, 2.24) is 10.2 Å².